The first-order valence-corrected chi connectivity index (χ1v) is 10.4. The van der Waals surface area contributed by atoms with Gasteiger partial charge in [-0.2, -0.15) is 5.10 Å². The van der Waals surface area contributed by atoms with Crippen LogP contribution in [0, 0.1) is 30.9 Å². The maximum Gasteiger partial charge on any atom is 0.339 e. The molecule has 2 aromatic carbocycles. The van der Waals surface area contributed by atoms with Gasteiger partial charge in [0.15, 0.2) is 0 Å². The van der Waals surface area contributed by atoms with E-state index in [2.05, 4.69) is 31.8 Å². The molecular formula is C22H22BrN5O4. The SMILES string of the molecule is COc1ccc(-n2c(C)cc(/C=N/NC(=O)Nc3ccc(Br)c(C)c3)c2C)c([N+](=O)[O-])c1. The number of urea groups is 1. The zero-order chi connectivity index (χ0) is 23.4. The Labute approximate surface area is 193 Å². The van der Waals surface area contributed by atoms with Gasteiger partial charge >= 0.3 is 6.03 Å². The number of aryl methyl sites for hydroxylation is 2. The quantitative estimate of drug-likeness (QED) is 0.274. The van der Waals surface area contributed by atoms with Crippen LogP contribution in [0.4, 0.5) is 16.2 Å². The molecule has 10 heteroatoms. The number of methoxy groups -OCH3 is 1. The van der Waals surface area contributed by atoms with Crippen molar-refractivity contribution in [2.45, 2.75) is 20.8 Å². The highest BCUT2D eigenvalue weighted by Crippen LogP contribution is 2.31. The third-order valence-electron chi connectivity index (χ3n) is 4.88. The van der Waals surface area contributed by atoms with Gasteiger partial charge in [-0.3, -0.25) is 10.1 Å². The summed E-state index contributed by atoms with van der Waals surface area (Å²) in [6.07, 6.45) is 1.50. The van der Waals surface area contributed by atoms with Crippen molar-refractivity contribution in [2.75, 3.05) is 12.4 Å². The zero-order valence-electron chi connectivity index (χ0n) is 18.0. The topological polar surface area (TPSA) is 111 Å². The van der Waals surface area contributed by atoms with Crippen molar-refractivity contribution in [1.29, 1.82) is 0 Å². The van der Waals surface area contributed by atoms with E-state index in [-0.39, 0.29) is 5.69 Å². The Balaban J connectivity index is 1.79. The number of hydrogen-bond donors (Lipinski definition) is 2. The molecule has 1 heterocycles. The molecule has 32 heavy (non-hydrogen) atoms. The molecule has 0 aliphatic rings. The van der Waals surface area contributed by atoms with Gasteiger partial charge in [-0.15, -0.1) is 0 Å². The van der Waals surface area contributed by atoms with E-state index >= 15 is 0 Å². The summed E-state index contributed by atoms with van der Waals surface area (Å²) in [5.41, 5.74) is 6.65. The second-order valence-corrected chi connectivity index (χ2v) is 7.92. The van der Waals surface area contributed by atoms with Gasteiger partial charge in [0.25, 0.3) is 5.69 Å². The molecule has 3 aromatic rings. The van der Waals surface area contributed by atoms with Crippen molar-refractivity contribution in [3.8, 4) is 11.4 Å². The Kier molecular flexibility index (Phi) is 6.94. The fraction of sp³-hybridized carbons (Fsp3) is 0.182. The largest absolute Gasteiger partial charge is 0.496 e. The number of amides is 2. The van der Waals surface area contributed by atoms with E-state index in [9.17, 15) is 14.9 Å². The minimum atomic E-state index is -0.484. The molecule has 2 amide bonds. The predicted octanol–water partition coefficient (Wildman–Crippen LogP) is 5.24. The van der Waals surface area contributed by atoms with Crippen LogP contribution in [0.2, 0.25) is 0 Å². The predicted molar refractivity (Wildman–Crippen MR) is 127 cm³/mol. The lowest BCUT2D eigenvalue weighted by Crippen LogP contribution is -2.24. The maximum absolute atomic E-state index is 12.1. The third-order valence-corrected chi connectivity index (χ3v) is 5.77. The van der Waals surface area contributed by atoms with Crippen molar-refractivity contribution in [3.63, 3.8) is 0 Å². The van der Waals surface area contributed by atoms with Crippen molar-refractivity contribution in [3.05, 3.63) is 79.6 Å². The molecular weight excluding hydrogens is 478 g/mol. The smallest absolute Gasteiger partial charge is 0.339 e. The number of rotatable bonds is 6. The van der Waals surface area contributed by atoms with Crippen LogP contribution >= 0.6 is 15.9 Å². The molecule has 3 rings (SSSR count). The number of hydrazone groups is 1. The highest BCUT2D eigenvalue weighted by Gasteiger charge is 2.20. The Hall–Kier alpha value is -3.66. The second kappa shape index (κ2) is 9.65. The fourth-order valence-electron chi connectivity index (χ4n) is 3.30. The van der Waals surface area contributed by atoms with Crippen LogP contribution in [-0.2, 0) is 0 Å². The minimum absolute atomic E-state index is 0.0723. The lowest BCUT2D eigenvalue weighted by Gasteiger charge is -2.11. The minimum Gasteiger partial charge on any atom is -0.496 e. The number of nitrogens with one attached hydrogen (secondary N) is 2. The number of halogens is 1. The Morgan fingerprint density at radius 1 is 1.19 bits per heavy atom. The van der Waals surface area contributed by atoms with Gasteiger partial charge in [0.1, 0.15) is 11.4 Å². The number of carbonyl (C=O) groups excluding carboxylic acids is 1. The number of nitro groups is 1. The Morgan fingerprint density at radius 2 is 1.94 bits per heavy atom. The van der Waals surface area contributed by atoms with Gasteiger partial charge < -0.3 is 14.6 Å². The maximum atomic E-state index is 12.1. The first kappa shape index (κ1) is 23.0. The number of carbonyl (C=O) groups is 1. The van der Waals surface area contributed by atoms with Gasteiger partial charge in [-0.25, -0.2) is 10.2 Å². The first-order chi connectivity index (χ1) is 15.2. The van der Waals surface area contributed by atoms with Crippen LogP contribution < -0.4 is 15.5 Å². The number of ether oxygens (including phenoxy) is 1. The van der Waals surface area contributed by atoms with Gasteiger partial charge in [-0.05, 0) is 62.7 Å². The van der Waals surface area contributed by atoms with Crippen LogP contribution in [0.15, 0.2) is 52.0 Å². The van der Waals surface area contributed by atoms with Crippen molar-refractivity contribution in [1.82, 2.24) is 9.99 Å². The molecule has 9 nitrogen and oxygen atoms in total. The van der Waals surface area contributed by atoms with Gasteiger partial charge in [-0.1, -0.05) is 15.9 Å². The number of aromatic nitrogens is 1. The molecule has 0 bridgehead atoms. The lowest BCUT2D eigenvalue weighted by atomic mass is 10.2. The molecule has 2 N–H and O–H groups in total. The number of nitro benzene ring substituents is 1. The highest BCUT2D eigenvalue weighted by atomic mass is 79.9. The van der Waals surface area contributed by atoms with Gasteiger partial charge in [0.05, 0.1) is 24.3 Å². The summed E-state index contributed by atoms with van der Waals surface area (Å²) < 4.78 is 7.83. The van der Waals surface area contributed by atoms with Crippen LogP contribution in [-0.4, -0.2) is 28.8 Å². The average molecular weight is 500 g/mol. The van der Waals surface area contributed by atoms with E-state index < -0.39 is 11.0 Å². The van der Waals surface area contributed by atoms with Gasteiger partial charge in [0.2, 0.25) is 0 Å². The second-order valence-electron chi connectivity index (χ2n) is 7.06. The average Bonchev–Trinajstić information content (AvgIpc) is 3.03. The molecule has 0 spiro atoms. The summed E-state index contributed by atoms with van der Waals surface area (Å²) in [4.78, 5) is 23.3. The molecule has 0 aliphatic heterocycles. The molecule has 0 saturated carbocycles. The Morgan fingerprint density at radius 3 is 2.59 bits per heavy atom. The van der Waals surface area contributed by atoms with E-state index in [4.69, 9.17) is 4.74 Å². The Bertz CT molecular complexity index is 1220. The van der Waals surface area contributed by atoms with Crippen molar-refractivity contribution >= 4 is 39.6 Å². The number of benzene rings is 2. The molecule has 166 valence electrons. The van der Waals surface area contributed by atoms with Gasteiger partial charge in [0, 0.05) is 27.1 Å². The summed E-state index contributed by atoms with van der Waals surface area (Å²) >= 11 is 3.42. The van der Waals surface area contributed by atoms with E-state index in [1.165, 1.54) is 19.4 Å². The molecule has 1 aromatic heterocycles. The molecule has 0 fully saturated rings. The standard InChI is InChI=1S/C22H22BrN5O4/c1-13-9-17(5-7-19(13)23)25-22(29)26-24-12-16-10-14(2)27(15(16)3)20-8-6-18(32-4)11-21(20)28(30)31/h5-12H,1-4H3,(H2,25,26,29)/b24-12+. The zero-order valence-corrected chi connectivity index (χ0v) is 19.6. The summed E-state index contributed by atoms with van der Waals surface area (Å²) in [5, 5.41) is 18.3. The fourth-order valence-corrected chi connectivity index (χ4v) is 3.54. The van der Waals surface area contributed by atoms with E-state index in [1.54, 1.807) is 22.8 Å². The number of hydrogen-bond acceptors (Lipinski definition) is 5. The molecule has 0 aliphatic carbocycles. The molecule has 0 atom stereocenters. The molecule has 0 radical (unpaired) electrons. The van der Waals surface area contributed by atoms with Crippen LogP contribution in [0.5, 0.6) is 5.75 Å². The summed E-state index contributed by atoms with van der Waals surface area (Å²) in [6.45, 7) is 5.59. The normalized spacial score (nSPS) is 10.9. The van der Waals surface area contributed by atoms with Crippen molar-refractivity contribution in [2.24, 2.45) is 5.10 Å². The number of anilines is 1. The van der Waals surface area contributed by atoms with Crippen molar-refractivity contribution < 1.29 is 14.5 Å². The first-order valence-electron chi connectivity index (χ1n) is 9.59. The summed E-state index contributed by atoms with van der Waals surface area (Å²) in [6, 6.07) is 11.5. The summed E-state index contributed by atoms with van der Waals surface area (Å²) in [7, 11) is 1.46. The lowest BCUT2D eigenvalue weighted by molar-refractivity contribution is -0.384. The van der Waals surface area contributed by atoms with Crippen LogP contribution in [0.3, 0.4) is 0 Å². The van der Waals surface area contributed by atoms with E-state index in [0.29, 0.717) is 22.7 Å². The number of nitrogens with zero attached hydrogens (tertiary/aromatic N) is 3. The van der Waals surface area contributed by atoms with Crippen LogP contribution in [0.1, 0.15) is 22.5 Å². The molecule has 0 unspecified atom stereocenters. The molecule has 0 saturated heterocycles. The summed E-state index contributed by atoms with van der Waals surface area (Å²) in [5.74, 6) is 0.404. The van der Waals surface area contributed by atoms with E-state index in [1.807, 2.05) is 39.0 Å². The third kappa shape index (κ3) is 4.97. The van der Waals surface area contributed by atoms with E-state index in [0.717, 1.165) is 21.4 Å². The highest BCUT2D eigenvalue weighted by molar-refractivity contribution is 9.10. The monoisotopic (exact) mass is 499 g/mol. The van der Waals surface area contributed by atoms with Crippen LogP contribution in [0.25, 0.3) is 5.69 Å².